The Bertz CT molecular complexity index is 1790. The number of nitrogens with two attached hydrogens (primary N) is 2. The minimum Gasteiger partial charge on any atom is -0.375 e. The average molecular weight is 544 g/mol. The van der Waals surface area contributed by atoms with Gasteiger partial charge in [-0.25, -0.2) is 31.7 Å². The number of hydrogen-bond acceptors (Lipinski definition) is 11. The van der Waals surface area contributed by atoms with E-state index in [9.17, 15) is 16.8 Å². The summed E-state index contributed by atoms with van der Waals surface area (Å²) < 4.78 is 55.5. The minimum atomic E-state index is -4.63. The molecule has 0 unspecified atom stereocenters. The maximum atomic E-state index is 13.3. The van der Waals surface area contributed by atoms with Gasteiger partial charge in [-0.1, -0.05) is 35.6 Å². The van der Waals surface area contributed by atoms with Crippen LogP contribution < -0.4 is 15.6 Å². The van der Waals surface area contributed by atoms with E-state index in [-0.39, 0.29) is 23.5 Å². The Balaban J connectivity index is 1.77. The monoisotopic (exact) mass is 543 g/mol. The molecule has 0 aliphatic rings. The van der Waals surface area contributed by atoms with Crippen molar-refractivity contribution >= 4 is 46.7 Å². The van der Waals surface area contributed by atoms with Crippen molar-refractivity contribution in [2.45, 2.75) is 16.3 Å². The van der Waals surface area contributed by atoms with E-state index in [1.54, 1.807) is 30.3 Å². The number of pyridine rings is 1. The Morgan fingerprint density at radius 2 is 1.83 bits per heavy atom. The summed E-state index contributed by atoms with van der Waals surface area (Å²) in [4.78, 5) is 7.16. The second-order valence-corrected chi connectivity index (χ2v) is 11.7. The second kappa shape index (κ2) is 8.99. The predicted octanol–water partition coefficient (Wildman–Crippen LogP) is 1.25. The number of fused-ring (bicyclic) bond motifs is 1. The van der Waals surface area contributed by atoms with Crippen molar-refractivity contribution in [2.75, 3.05) is 5.73 Å². The fourth-order valence-electron chi connectivity index (χ4n) is 3.70. The number of H-pyrrole nitrogens is 1. The summed E-state index contributed by atoms with van der Waals surface area (Å²) in [5.41, 5.74) is 7.43. The maximum absolute atomic E-state index is 13.3. The molecule has 184 valence electrons. The van der Waals surface area contributed by atoms with Crippen LogP contribution in [0.2, 0.25) is 0 Å². The van der Waals surface area contributed by atoms with Crippen molar-refractivity contribution in [1.82, 2.24) is 35.3 Å². The van der Waals surface area contributed by atoms with Crippen molar-refractivity contribution in [2.24, 2.45) is 5.14 Å². The van der Waals surface area contributed by atoms with E-state index in [0.717, 1.165) is 10.8 Å². The van der Waals surface area contributed by atoms with Crippen molar-refractivity contribution < 1.29 is 16.8 Å². The molecule has 3 aromatic heterocycles. The van der Waals surface area contributed by atoms with Gasteiger partial charge in [-0.15, -0.1) is 10.2 Å². The van der Waals surface area contributed by atoms with Gasteiger partial charge in [0.05, 0.1) is 28.0 Å². The molecule has 0 bridgehead atoms. The molecule has 2 aromatic carbocycles. The van der Waals surface area contributed by atoms with E-state index >= 15 is 0 Å². The molecule has 6 N–H and O–H groups in total. The third kappa shape index (κ3) is 4.42. The molecule has 5 aromatic rings. The van der Waals surface area contributed by atoms with E-state index < -0.39 is 29.8 Å². The summed E-state index contributed by atoms with van der Waals surface area (Å²) in [7, 11) is -9.03. The minimum absolute atomic E-state index is 0.147. The van der Waals surface area contributed by atoms with Crippen LogP contribution in [0.5, 0.6) is 0 Å². The number of aromatic amines is 1. The lowest BCUT2D eigenvalue weighted by atomic mass is 9.98. The number of rotatable bonds is 7. The highest BCUT2D eigenvalue weighted by molar-refractivity contribution is 7.92. The Kier molecular flexibility index (Phi) is 5.97. The van der Waals surface area contributed by atoms with Crippen LogP contribution in [0.4, 0.5) is 5.13 Å². The number of nitrogen functional groups attached to an aromatic ring is 1. The summed E-state index contributed by atoms with van der Waals surface area (Å²) in [6.45, 7) is -0.177. The Morgan fingerprint density at radius 1 is 1.00 bits per heavy atom. The van der Waals surface area contributed by atoms with Crippen molar-refractivity contribution in [3.8, 4) is 22.5 Å². The molecule has 0 saturated carbocycles. The van der Waals surface area contributed by atoms with Crippen molar-refractivity contribution in [3.63, 3.8) is 0 Å². The van der Waals surface area contributed by atoms with Gasteiger partial charge >= 0.3 is 0 Å². The van der Waals surface area contributed by atoms with Gasteiger partial charge in [0.1, 0.15) is 9.79 Å². The van der Waals surface area contributed by atoms with Gasteiger partial charge < -0.3 is 5.73 Å². The first-order chi connectivity index (χ1) is 17.1. The molecular weight excluding hydrogens is 526 g/mol. The van der Waals surface area contributed by atoms with Gasteiger partial charge in [0.15, 0.2) is 5.13 Å². The zero-order valence-electron chi connectivity index (χ0n) is 18.2. The molecule has 3 heterocycles. The van der Waals surface area contributed by atoms with Crippen molar-refractivity contribution in [3.05, 3.63) is 60.4 Å². The predicted molar refractivity (Wildman–Crippen MR) is 132 cm³/mol. The van der Waals surface area contributed by atoms with Gasteiger partial charge in [0.2, 0.25) is 25.9 Å². The quantitative estimate of drug-likeness (QED) is 0.230. The molecule has 0 aliphatic heterocycles. The fraction of sp³-hybridized carbons (Fsp3) is 0.0500. The number of para-hydroxylation sites is 1. The molecule has 0 fully saturated rings. The zero-order chi connectivity index (χ0) is 25.5. The number of nitrogens with one attached hydrogen (secondary N) is 2. The molecule has 0 saturated heterocycles. The number of sulfonamides is 2. The van der Waals surface area contributed by atoms with Crippen LogP contribution in [-0.4, -0.2) is 47.4 Å². The van der Waals surface area contributed by atoms with E-state index in [2.05, 4.69) is 35.3 Å². The average Bonchev–Trinajstić information content (AvgIpc) is 3.51. The Hall–Kier alpha value is -3.83. The molecular formula is C20H17N9O4S3. The summed E-state index contributed by atoms with van der Waals surface area (Å²) >= 11 is 1.25. The Morgan fingerprint density at radius 3 is 2.53 bits per heavy atom. The number of benzene rings is 2. The normalized spacial score (nSPS) is 12.2. The number of hydrogen-bond donors (Lipinski definition) is 4. The van der Waals surface area contributed by atoms with Gasteiger partial charge in [0, 0.05) is 11.8 Å². The summed E-state index contributed by atoms with van der Waals surface area (Å²) in [5, 5.41) is 19.5. The smallest absolute Gasteiger partial charge is 0.242 e. The first-order valence-corrected chi connectivity index (χ1v) is 14.0. The van der Waals surface area contributed by atoms with E-state index in [0.29, 0.717) is 21.9 Å². The number of nitrogens with zero attached hydrogens (tertiary/aromatic N) is 5. The van der Waals surface area contributed by atoms with Crippen LogP contribution in [0.25, 0.3) is 32.7 Å². The van der Waals surface area contributed by atoms with Gasteiger partial charge in [-0.3, -0.25) is 4.98 Å². The van der Waals surface area contributed by atoms with E-state index in [1.165, 1.54) is 23.6 Å². The largest absolute Gasteiger partial charge is 0.375 e. The number of aromatic nitrogens is 6. The summed E-state index contributed by atoms with van der Waals surface area (Å²) in [6, 6.07) is 12.9. The van der Waals surface area contributed by atoms with Crippen LogP contribution in [-0.2, 0) is 26.6 Å². The lowest BCUT2D eigenvalue weighted by Crippen LogP contribution is -2.27. The molecule has 0 atom stereocenters. The first-order valence-electron chi connectivity index (χ1n) is 10.1. The summed E-state index contributed by atoms with van der Waals surface area (Å²) in [5.74, 6) is -0.170. The third-order valence-corrected chi connectivity index (χ3v) is 8.58. The maximum Gasteiger partial charge on any atom is 0.242 e. The molecule has 0 spiro atoms. The van der Waals surface area contributed by atoms with Crippen LogP contribution in [0.3, 0.4) is 0 Å². The fourth-order valence-corrected chi connectivity index (χ4v) is 7.06. The highest BCUT2D eigenvalue weighted by Crippen LogP contribution is 2.41. The lowest BCUT2D eigenvalue weighted by molar-refractivity contribution is 0.572. The SMILES string of the molecule is Nc1nc2c(-c3ccc(S(=O)(=O)NCc4ccccn4)c(S(N)(=O)=O)c3-c3nn[nH]n3)cccc2s1. The van der Waals surface area contributed by atoms with Crippen LogP contribution in [0, 0.1) is 0 Å². The van der Waals surface area contributed by atoms with E-state index in [4.69, 9.17) is 10.9 Å². The Labute approximate surface area is 208 Å². The number of thiazole rings is 1. The molecule has 0 amide bonds. The van der Waals surface area contributed by atoms with Crippen LogP contribution in [0.1, 0.15) is 5.69 Å². The number of primary sulfonamides is 1. The van der Waals surface area contributed by atoms with Gasteiger partial charge in [-0.2, -0.15) is 5.21 Å². The summed E-state index contributed by atoms with van der Waals surface area (Å²) in [6.07, 6.45) is 1.51. The van der Waals surface area contributed by atoms with Gasteiger partial charge in [0.25, 0.3) is 0 Å². The molecule has 0 aliphatic carbocycles. The standard InChI is InChI=1S/C20H17N9O4S3/c21-20-25-17-13(5-3-6-14(17)34-20)12-7-8-15(36(32,33)24-10-11-4-1-2-9-23-11)18(35(22,30)31)16(12)19-26-28-29-27-19/h1-9,24H,10H2,(H2,21,25)(H2,22,30,31)(H,26,27,28,29). The topological polar surface area (TPSA) is 213 Å². The first kappa shape index (κ1) is 23.9. The zero-order valence-corrected chi connectivity index (χ0v) is 20.6. The molecule has 36 heavy (non-hydrogen) atoms. The lowest BCUT2D eigenvalue weighted by Gasteiger charge is -2.16. The molecule has 16 heteroatoms. The number of anilines is 1. The highest BCUT2D eigenvalue weighted by atomic mass is 32.2. The van der Waals surface area contributed by atoms with Crippen molar-refractivity contribution in [1.29, 1.82) is 0 Å². The molecule has 5 rings (SSSR count). The third-order valence-electron chi connectivity index (χ3n) is 5.16. The van der Waals surface area contributed by atoms with Gasteiger partial charge in [-0.05, 0) is 35.0 Å². The second-order valence-electron chi connectivity index (χ2n) is 7.45. The molecule has 13 nitrogen and oxygen atoms in total. The van der Waals surface area contributed by atoms with Crippen LogP contribution in [0.15, 0.2) is 64.5 Å². The van der Waals surface area contributed by atoms with E-state index in [1.807, 2.05) is 6.07 Å². The van der Waals surface area contributed by atoms with Crippen LogP contribution >= 0.6 is 11.3 Å². The number of tetrazole rings is 1. The molecule has 0 radical (unpaired) electrons. The highest BCUT2D eigenvalue weighted by Gasteiger charge is 2.32.